The van der Waals surface area contributed by atoms with Gasteiger partial charge in [-0.15, -0.1) is 11.3 Å². The summed E-state index contributed by atoms with van der Waals surface area (Å²) < 4.78 is 0. The van der Waals surface area contributed by atoms with Gasteiger partial charge in [-0.05, 0) is 13.8 Å². The minimum absolute atomic E-state index is 0.649. The molecule has 1 aliphatic heterocycles. The van der Waals surface area contributed by atoms with E-state index in [1.54, 1.807) is 11.3 Å². The highest BCUT2D eigenvalue weighted by Gasteiger charge is 2.22. The van der Waals surface area contributed by atoms with E-state index in [0.29, 0.717) is 6.04 Å². The van der Waals surface area contributed by atoms with Crippen LogP contribution in [0.5, 0.6) is 0 Å². The van der Waals surface area contributed by atoms with Crippen LogP contribution in [-0.2, 0) is 13.1 Å². The largest absolute Gasteiger partial charge is 0.290 e. The van der Waals surface area contributed by atoms with Crippen molar-refractivity contribution in [3.63, 3.8) is 0 Å². The fourth-order valence-electron chi connectivity index (χ4n) is 1.35. The fraction of sp³-hybridized carbons (Fsp3) is 0.625. The number of nitrogens with zero attached hydrogens (tertiary/aromatic N) is 2. The van der Waals surface area contributed by atoms with Gasteiger partial charge in [0.25, 0.3) is 0 Å². The molecule has 2 nitrogen and oxygen atoms in total. The van der Waals surface area contributed by atoms with E-state index in [-0.39, 0.29) is 0 Å². The highest BCUT2D eigenvalue weighted by Crippen LogP contribution is 2.26. The van der Waals surface area contributed by atoms with E-state index in [1.807, 2.05) is 5.51 Å². The normalized spacial score (nSPS) is 17.7. The smallest absolute Gasteiger partial charge is 0.0798 e. The van der Waals surface area contributed by atoms with Gasteiger partial charge in [-0.1, -0.05) is 0 Å². The van der Waals surface area contributed by atoms with Crippen LogP contribution in [0.1, 0.15) is 24.4 Å². The lowest BCUT2D eigenvalue weighted by molar-refractivity contribution is 0.226. The molecule has 2 rings (SSSR count). The second-order valence-electron chi connectivity index (χ2n) is 3.22. The summed E-state index contributed by atoms with van der Waals surface area (Å²) in [5.41, 5.74) is 3.24. The summed E-state index contributed by atoms with van der Waals surface area (Å²) in [6, 6.07) is 0.649. The van der Waals surface area contributed by atoms with Crippen molar-refractivity contribution >= 4 is 11.3 Å². The van der Waals surface area contributed by atoms with Gasteiger partial charge < -0.3 is 0 Å². The van der Waals surface area contributed by atoms with Gasteiger partial charge in [0.05, 0.1) is 11.2 Å². The molecule has 0 saturated heterocycles. The van der Waals surface area contributed by atoms with Crippen molar-refractivity contribution in [2.75, 3.05) is 0 Å². The second-order valence-corrected chi connectivity index (χ2v) is 4.16. The van der Waals surface area contributed by atoms with Crippen LogP contribution in [0.25, 0.3) is 0 Å². The quantitative estimate of drug-likeness (QED) is 0.636. The van der Waals surface area contributed by atoms with Crippen molar-refractivity contribution in [1.29, 1.82) is 0 Å². The highest BCUT2D eigenvalue weighted by molar-refractivity contribution is 7.09. The molecular weight excluding hydrogens is 156 g/mol. The topological polar surface area (TPSA) is 16.1 Å². The van der Waals surface area contributed by atoms with Crippen molar-refractivity contribution < 1.29 is 0 Å². The Morgan fingerprint density at radius 2 is 2.36 bits per heavy atom. The predicted octanol–water partition coefficient (Wildman–Crippen LogP) is 1.87. The van der Waals surface area contributed by atoms with E-state index in [4.69, 9.17) is 0 Å². The Morgan fingerprint density at radius 3 is 3.00 bits per heavy atom. The van der Waals surface area contributed by atoms with E-state index in [2.05, 4.69) is 23.7 Å². The first kappa shape index (κ1) is 7.25. The summed E-state index contributed by atoms with van der Waals surface area (Å²) >= 11 is 1.78. The van der Waals surface area contributed by atoms with Crippen LogP contribution < -0.4 is 0 Å². The SMILES string of the molecule is CC(C)N1Cc2ncsc2C1. The Morgan fingerprint density at radius 1 is 1.55 bits per heavy atom. The van der Waals surface area contributed by atoms with Crippen LogP contribution in [0.2, 0.25) is 0 Å². The van der Waals surface area contributed by atoms with Crippen LogP contribution in [-0.4, -0.2) is 15.9 Å². The van der Waals surface area contributed by atoms with E-state index < -0.39 is 0 Å². The molecular formula is C8H12N2S. The second kappa shape index (κ2) is 2.57. The van der Waals surface area contributed by atoms with Crippen molar-refractivity contribution in [3.8, 4) is 0 Å². The number of aromatic nitrogens is 1. The highest BCUT2D eigenvalue weighted by atomic mass is 32.1. The van der Waals surface area contributed by atoms with Gasteiger partial charge in [0, 0.05) is 24.0 Å². The molecule has 0 N–H and O–H groups in total. The maximum absolute atomic E-state index is 4.31. The first-order chi connectivity index (χ1) is 5.27. The monoisotopic (exact) mass is 168 g/mol. The molecule has 1 aliphatic rings. The van der Waals surface area contributed by atoms with Crippen LogP contribution in [0.4, 0.5) is 0 Å². The molecule has 3 heteroatoms. The Hall–Kier alpha value is -0.410. The lowest BCUT2D eigenvalue weighted by Crippen LogP contribution is -2.24. The van der Waals surface area contributed by atoms with E-state index in [9.17, 15) is 0 Å². The average Bonchev–Trinajstić information content (AvgIpc) is 2.40. The van der Waals surface area contributed by atoms with Crippen LogP contribution in [0, 0.1) is 0 Å². The molecule has 0 fully saturated rings. The van der Waals surface area contributed by atoms with Gasteiger partial charge >= 0.3 is 0 Å². The fourth-order valence-corrected chi connectivity index (χ4v) is 2.15. The van der Waals surface area contributed by atoms with Crippen molar-refractivity contribution in [1.82, 2.24) is 9.88 Å². The number of rotatable bonds is 1. The molecule has 0 atom stereocenters. The molecule has 0 aromatic carbocycles. The maximum Gasteiger partial charge on any atom is 0.0798 e. The lowest BCUT2D eigenvalue weighted by atomic mass is 10.3. The van der Waals surface area contributed by atoms with Crippen molar-refractivity contribution in [2.45, 2.75) is 33.0 Å². The zero-order valence-corrected chi connectivity index (χ0v) is 7.69. The van der Waals surface area contributed by atoms with Gasteiger partial charge in [-0.2, -0.15) is 0 Å². The molecule has 1 aromatic heterocycles. The number of hydrogen-bond acceptors (Lipinski definition) is 3. The third-order valence-electron chi connectivity index (χ3n) is 2.16. The van der Waals surface area contributed by atoms with Gasteiger partial charge in [-0.25, -0.2) is 4.98 Å². The Balaban J connectivity index is 2.16. The summed E-state index contributed by atoms with van der Waals surface area (Å²) in [7, 11) is 0. The summed E-state index contributed by atoms with van der Waals surface area (Å²) in [4.78, 5) is 8.20. The molecule has 1 aromatic rings. The van der Waals surface area contributed by atoms with E-state index >= 15 is 0 Å². The van der Waals surface area contributed by atoms with E-state index in [1.165, 1.54) is 10.6 Å². The molecule has 60 valence electrons. The summed E-state index contributed by atoms with van der Waals surface area (Å²) in [6.07, 6.45) is 0. The Kier molecular flexibility index (Phi) is 1.69. The molecule has 0 spiro atoms. The summed E-state index contributed by atoms with van der Waals surface area (Å²) in [5, 5.41) is 0. The summed E-state index contributed by atoms with van der Waals surface area (Å²) in [5.74, 6) is 0. The number of thiazole rings is 1. The maximum atomic E-state index is 4.31. The summed E-state index contributed by atoms with van der Waals surface area (Å²) in [6.45, 7) is 6.63. The first-order valence-electron chi connectivity index (χ1n) is 3.92. The molecule has 0 unspecified atom stereocenters. The number of hydrogen-bond donors (Lipinski definition) is 0. The molecule has 0 saturated carbocycles. The first-order valence-corrected chi connectivity index (χ1v) is 4.80. The molecule has 0 amide bonds. The van der Waals surface area contributed by atoms with Gasteiger partial charge in [0.2, 0.25) is 0 Å². The van der Waals surface area contributed by atoms with Gasteiger partial charge in [0.15, 0.2) is 0 Å². The zero-order valence-electron chi connectivity index (χ0n) is 6.87. The zero-order chi connectivity index (χ0) is 7.84. The molecule has 0 bridgehead atoms. The standard InChI is InChI=1S/C8H12N2S/c1-6(2)10-3-7-8(4-10)11-5-9-7/h5-6H,3-4H2,1-2H3. The van der Waals surface area contributed by atoms with Gasteiger partial charge in [-0.3, -0.25) is 4.90 Å². The molecule has 11 heavy (non-hydrogen) atoms. The molecule has 0 radical (unpaired) electrons. The minimum atomic E-state index is 0.649. The van der Waals surface area contributed by atoms with Crippen LogP contribution >= 0.6 is 11.3 Å². The minimum Gasteiger partial charge on any atom is -0.290 e. The van der Waals surface area contributed by atoms with E-state index in [0.717, 1.165) is 13.1 Å². The lowest BCUT2D eigenvalue weighted by Gasteiger charge is -2.18. The third kappa shape index (κ3) is 1.19. The third-order valence-corrected chi connectivity index (χ3v) is 3.02. The van der Waals surface area contributed by atoms with Gasteiger partial charge in [0.1, 0.15) is 0 Å². The van der Waals surface area contributed by atoms with Crippen molar-refractivity contribution in [2.24, 2.45) is 0 Å². The van der Waals surface area contributed by atoms with Crippen molar-refractivity contribution in [3.05, 3.63) is 16.1 Å². The average molecular weight is 168 g/mol. The molecule has 2 heterocycles. The predicted molar refractivity (Wildman–Crippen MR) is 46.5 cm³/mol. The van der Waals surface area contributed by atoms with Crippen LogP contribution in [0.3, 0.4) is 0 Å². The Bertz CT molecular complexity index is 234. The number of fused-ring (bicyclic) bond motifs is 1. The van der Waals surface area contributed by atoms with Crippen LogP contribution in [0.15, 0.2) is 5.51 Å². The Labute approximate surface area is 70.9 Å². The molecule has 0 aliphatic carbocycles.